The van der Waals surface area contributed by atoms with Gasteiger partial charge in [-0.15, -0.1) is 22.7 Å². The molecule has 1 fully saturated rings. The van der Waals surface area contributed by atoms with Crippen LogP contribution in [0.2, 0.25) is 0 Å². The molecule has 2 aromatic heterocycles. The molecule has 2 amide bonds. The zero-order valence-corrected chi connectivity index (χ0v) is 12.8. The zero-order valence-electron chi connectivity index (χ0n) is 11.2. The summed E-state index contributed by atoms with van der Waals surface area (Å²) in [7, 11) is 0. The third-order valence-electron chi connectivity index (χ3n) is 3.33. The second-order valence-electron chi connectivity index (χ2n) is 4.80. The first-order chi connectivity index (χ1) is 9.74. The van der Waals surface area contributed by atoms with Crippen LogP contribution in [0.15, 0.2) is 17.0 Å². The molecule has 5 nitrogen and oxygen atoms in total. The minimum Gasteiger partial charge on any atom is -0.315 e. The number of hydrogen-bond donors (Lipinski definition) is 1. The van der Waals surface area contributed by atoms with Crippen molar-refractivity contribution >= 4 is 33.8 Å². The number of piperidine rings is 1. The van der Waals surface area contributed by atoms with Gasteiger partial charge < -0.3 is 4.90 Å². The van der Waals surface area contributed by atoms with E-state index in [1.807, 2.05) is 22.6 Å². The smallest absolute Gasteiger partial charge is 0.315 e. The molecular formula is C13H16N4OS2. The van der Waals surface area contributed by atoms with Crippen molar-refractivity contribution in [1.82, 2.24) is 14.9 Å². The van der Waals surface area contributed by atoms with Crippen molar-refractivity contribution in [1.29, 1.82) is 0 Å². The molecular weight excluding hydrogens is 292 g/mol. The number of carbonyl (C=O) groups excluding carboxylic acids is 1. The van der Waals surface area contributed by atoms with Crippen LogP contribution in [0.5, 0.6) is 0 Å². The van der Waals surface area contributed by atoms with Gasteiger partial charge in [0.2, 0.25) is 0 Å². The van der Waals surface area contributed by atoms with Gasteiger partial charge in [-0.05, 0) is 26.2 Å². The topological polar surface area (TPSA) is 58.1 Å². The molecule has 1 N–H and O–H groups in total. The normalized spacial score (nSPS) is 19.1. The number of carbonyl (C=O) groups is 1. The van der Waals surface area contributed by atoms with Gasteiger partial charge in [0.25, 0.3) is 0 Å². The molecule has 2 aromatic rings. The summed E-state index contributed by atoms with van der Waals surface area (Å²) in [4.78, 5) is 23.0. The van der Waals surface area contributed by atoms with E-state index in [-0.39, 0.29) is 12.1 Å². The number of thiazole rings is 2. The van der Waals surface area contributed by atoms with Crippen LogP contribution < -0.4 is 5.32 Å². The first-order valence-corrected chi connectivity index (χ1v) is 8.39. The number of nitrogens with zero attached hydrogens (tertiary/aromatic N) is 3. The average molecular weight is 308 g/mol. The highest BCUT2D eigenvalue weighted by Gasteiger charge is 2.29. The molecule has 20 heavy (non-hydrogen) atoms. The molecule has 7 heteroatoms. The van der Waals surface area contributed by atoms with Crippen LogP contribution in [0.1, 0.15) is 36.0 Å². The van der Waals surface area contributed by atoms with E-state index in [0.717, 1.165) is 36.5 Å². The van der Waals surface area contributed by atoms with E-state index in [2.05, 4.69) is 15.3 Å². The van der Waals surface area contributed by atoms with Gasteiger partial charge in [-0.1, -0.05) is 0 Å². The van der Waals surface area contributed by atoms with Crippen molar-refractivity contribution in [2.24, 2.45) is 0 Å². The van der Waals surface area contributed by atoms with Crippen molar-refractivity contribution < 1.29 is 4.79 Å². The Bertz CT molecular complexity index is 581. The molecule has 0 bridgehead atoms. The maximum absolute atomic E-state index is 12.4. The maximum atomic E-state index is 12.4. The molecule has 1 atom stereocenters. The number of anilines is 1. The molecule has 1 saturated heterocycles. The lowest BCUT2D eigenvalue weighted by atomic mass is 10.0. The Balaban J connectivity index is 1.74. The molecule has 0 radical (unpaired) electrons. The molecule has 1 unspecified atom stereocenters. The van der Waals surface area contributed by atoms with Gasteiger partial charge >= 0.3 is 6.03 Å². The van der Waals surface area contributed by atoms with E-state index < -0.39 is 0 Å². The first-order valence-electron chi connectivity index (χ1n) is 6.63. The van der Waals surface area contributed by atoms with Crippen LogP contribution in [0, 0.1) is 6.92 Å². The monoisotopic (exact) mass is 308 g/mol. The predicted octanol–water partition coefficient (Wildman–Crippen LogP) is 3.67. The molecule has 0 aromatic carbocycles. The maximum Gasteiger partial charge on any atom is 0.324 e. The van der Waals surface area contributed by atoms with Crippen molar-refractivity contribution in [3.63, 3.8) is 0 Å². The SMILES string of the molecule is Cc1csc(NC(=O)N2CCCCC2c2nccs2)n1. The van der Waals surface area contributed by atoms with Gasteiger partial charge in [-0.3, -0.25) is 5.32 Å². The highest BCUT2D eigenvalue weighted by atomic mass is 32.1. The van der Waals surface area contributed by atoms with Crippen molar-refractivity contribution in [3.05, 3.63) is 27.7 Å². The number of rotatable bonds is 2. The van der Waals surface area contributed by atoms with E-state index >= 15 is 0 Å². The fourth-order valence-corrected chi connectivity index (χ4v) is 3.87. The Morgan fingerprint density at radius 2 is 2.35 bits per heavy atom. The number of likely N-dealkylation sites (tertiary alicyclic amines) is 1. The lowest BCUT2D eigenvalue weighted by molar-refractivity contribution is 0.163. The number of amides is 2. The fraction of sp³-hybridized carbons (Fsp3) is 0.462. The summed E-state index contributed by atoms with van der Waals surface area (Å²) < 4.78 is 0. The Morgan fingerprint density at radius 3 is 3.05 bits per heavy atom. The minimum absolute atomic E-state index is 0.0701. The Morgan fingerprint density at radius 1 is 1.45 bits per heavy atom. The van der Waals surface area contributed by atoms with Crippen LogP contribution >= 0.6 is 22.7 Å². The summed E-state index contributed by atoms with van der Waals surface area (Å²) in [5, 5.41) is 8.48. The van der Waals surface area contributed by atoms with Crippen LogP contribution in [0.25, 0.3) is 0 Å². The summed E-state index contributed by atoms with van der Waals surface area (Å²) in [6.45, 7) is 2.70. The quantitative estimate of drug-likeness (QED) is 0.921. The van der Waals surface area contributed by atoms with Gasteiger partial charge in [0, 0.05) is 23.5 Å². The zero-order chi connectivity index (χ0) is 13.9. The number of nitrogens with one attached hydrogen (secondary N) is 1. The summed E-state index contributed by atoms with van der Waals surface area (Å²) in [5.41, 5.74) is 0.931. The standard InChI is InChI=1S/C13H16N4OS2/c1-9-8-20-12(15-9)16-13(18)17-6-3-2-4-10(17)11-14-5-7-19-11/h5,7-8,10H,2-4,6H2,1H3,(H,15,16,18). The largest absolute Gasteiger partial charge is 0.324 e. The molecule has 3 heterocycles. The number of urea groups is 1. The predicted molar refractivity (Wildman–Crippen MR) is 81.3 cm³/mol. The third-order valence-corrected chi connectivity index (χ3v) is 5.09. The molecule has 3 rings (SSSR count). The van der Waals surface area contributed by atoms with Crippen molar-refractivity contribution in [2.45, 2.75) is 32.2 Å². The fourth-order valence-electron chi connectivity index (χ4n) is 2.41. The summed E-state index contributed by atoms with van der Waals surface area (Å²) in [6.07, 6.45) is 4.98. The van der Waals surface area contributed by atoms with Crippen LogP contribution in [0.4, 0.5) is 9.93 Å². The first kappa shape index (κ1) is 13.5. The Kier molecular flexibility index (Phi) is 3.98. The van der Waals surface area contributed by atoms with Gasteiger partial charge in [0.05, 0.1) is 11.7 Å². The molecule has 106 valence electrons. The van der Waals surface area contributed by atoms with Gasteiger partial charge in [-0.2, -0.15) is 0 Å². The van der Waals surface area contributed by atoms with E-state index in [0.29, 0.717) is 5.13 Å². The molecule has 1 aliphatic rings. The second kappa shape index (κ2) is 5.88. The number of hydrogen-bond acceptors (Lipinski definition) is 5. The van der Waals surface area contributed by atoms with Crippen LogP contribution in [-0.2, 0) is 0 Å². The number of aryl methyl sites for hydroxylation is 1. The van der Waals surface area contributed by atoms with E-state index in [9.17, 15) is 4.79 Å². The highest BCUT2D eigenvalue weighted by Crippen LogP contribution is 2.32. The van der Waals surface area contributed by atoms with E-state index in [1.165, 1.54) is 11.3 Å². The molecule has 1 aliphatic heterocycles. The van der Waals surface area contributed by atoms with E-state index in [1.54, 1.807) is 17.5 Å². The van der Waals surface area contributed by atoms with Crippen LogP contribution in [-0.4, -0.2) is 27.4 Å². The highest BCUT2D eigenvalue weighted by molar-refractivity contribution is 7.13. The van der Waals surface area contributed by atoms with Gasteiger partial charge in [0.15, 0.2) is 5.13 Å². The summed E-state index contributed by atoms with van der Waals surface area (Å²) >= 11 is 3.07. The molecule has 0 aliphatic carbocycles. The minimum atomic E-state index is -0.0701. The van der Waals surface area contributed by atoms with E-state index in [4.69, 9.17) is 0 Å². The summed E-state index contributed by atoms with van der Waals surface area (Å²) in [5.74, 6) is 0. The molecule has 0 spiro atoms. The van der Waals surface area contributed by atoms with Gasteiger partial charge in [0.1, 0.15) is 5.01 Å². The number of aromatic nitrogens is 2. The Labute approximate surface area is 125 Å². The Hall–Kier alpha value is -1.47. The second-order valence-corrected chi connectivity index (χ2v) is 6.58. The van der Waals surface area contributed by atoms with Crippen LogP contribution in [0.3, 0.4) is 0 Å². The van der Waals surface area contributed by atoms with Gasteiger partial charge in [-0.25, -0.2) is 14.8 Å². The van der Waals surface area contributed by atoms with Crippen molar-refractivity contribution in [2.75, 3.05) is 11.9 Å². The van der Waals surface area contributed by atoms with Crippen molar-refractivity contribution in [3.8, 4) is 0 Å². The average Bonchev–Trinajstić information content (AvgIpc) is 3.10. The lowest BCUT2D eigenvalue weighted by Gasteiger charge is -2.34. The summed E-state index contributed by atoms with van der Waals surface area (Å²) in [6, 6.07) is 0.0315. The third kappa shape index (κ3) is 2.83. The lowest BCUT2D eigenvalue weighted by Crippen LogP contribution is -2.41. The molecule has 0 saturated carbocycles.